The largest absolute Gasteiger partial charge is 0.497 e. The van der Waals surface area contributed by atoms with E-state index in [9.17, 15) is 0 Å². The molecule has 32 heavy (non-hydrogen) atoms. The van der Waals surface area contributed by atoms with Gasteiger partial charge >= 0.3 is 0 Å². The molecule has 0 aliphatic heterocycles. The number of hydrogen-bond acceptors (Lipinski definition) is 4. The van der Waals surface area contributed by atoms with Gasteiger partial charge in [0.05, 0.1) is 28.4 Å². The van der Waals surface area contributed by atoms with Gasteiger partial charge in [-0.15, -0.1) is 0 Å². The normalized spacial score (nSPS) is 11.9. The lowest BCUT2D eigenvalue weighted by Crippen LogP contribution is -2.10. The monoisotopic (exact) mass is 434 g/mol. The molecule has 0 aliphatic carbocycles. The second-order valence-electron chi connectivity index (χ2n) is 8.37. The summed E-state index contributed by atoms with van der Waals surface area (Å²) < 4.78 is 22.4. The van der Waals surface area contributed by atoms with Crippen molar-refractivity contribution in [1.82, 2.24) is 0 Å². The topological polar surface area (TPSA) is 36.9 Å². The standard InChI is InChI=1S/C28H34O4/c1-17(2)24-15-20(9-12-25(24)31-7)28(23-11-10-21(29-5)16-26(23)32-8)27-18(3)13-22(30-6)14-19(27)4/h9-17,28H,1-8H3. The van der Waals surface area contributed by atoms with Crippen molar-refractivity contribution in [1.29, 1.82) is 0 Å². The summed E-state index contributed by atoms with van der Waals surface area (Å²) in [6.45, 7) is 8.66. The molecule has 1 unspecified atom stereocenters. The van der Waals surface area contributed by atoms with Crippen molar-refractivity contribution in [2.24, 2.45) is 0 Å². The highest BCUT2D eigenvalue weighted by atomic mass is 16.5. The van der Waals surface area contributed by atoms with E-state index < -0.39 is 0 Å². The Morgan fingerprint density at radius 3 is 1.75 bits per heavy atom. The molecule has 170 valence electrons. The number of methoxy groups -OCH3 is 4. The third-order valence-corrected chi connectivity index (χ3v) is 6.05. The smallest absolute Gasteiger partial charge is 0.126 e. The first-order chi connectivity index (χ1) is 15.3. The summed E-state index contributed by atoms with van der Waals surface area (Å²) in [4.78, 5) is 0. The van der Waals surface area contributed by atoms with E-state index in [1.807, 2.05) is 12.1 Å². The van der Waals surface area contributed by atoms with E-state index in [0.29, 0.717) is 5.92 Å². The fourth-order valence-electron chi connectivity index (χ4n) is 4.45. The maximum Gasteiger partial charge on any atom is 0.126 e. The fourth-order valence-corrected chi connectivity index (χ4v) is 4.45. The van der Waals surface area contributed by atoms with E-state index in [2.05, 4.69) is 64.1 Å². The highest BCUT2D eigenvalue weighted by molar-refractivity contribution is 5.57. The Balaban J connectivity index is 2.33. The van der Waals surface area contributed by atoms with Gasteiger partial charge in [0.15, 0.2) is 0 Å². The Bertz CT molecular complexity index is 1060. The van der Waals surface area contributed by atoms with Gasteiger partial charge in [-0.05, 0) is 71.8 Å². The third-order valence-electron chi connectivity index (χ3n) is 6.05. The van der Waals surface area contributed by atoms with Gasteiger partial charge in [0, 0.05) is 17.5 Å². The zero-order valence-electron chi connectivity index (χ0n) is 20.4. The Hall–Kier alpha value is -3.14. The van der Waals surface area contributed by atoms with Gasteiger partial charge in [0.2, 0.25) is 0 Å². The molecule has 0 aromatic heterocycles. The number of rotatable bonds is 8. The van der Waals surface area contributed by atoms with Crippen molar-refractivity contribution in [3.63, 3.8) is 0 Å². The maximum absolute atomic E-state index is 5.83. The molecule has 3 aromatic carbocycles. The van der Waals surface area contributed by atoms with E-state index in [1.54, 1.807) is 28.4 Å². The van der Waals surface area contributed by atoms with Crippen LogP contribution in [0.4, 0.5) is 0 Å². The first-order valence-corrected chi connectivity index (χ1v) is 10.9. The minimum Gasteiger partial charge on any atom is -0.497 e. The van der Waals surface area contributed by atoms with Crippen LogP contribution < -0.4 is 18.9 Å². The minimum atomic E-state index is -0.0230. The SMILES string of the molecule is COc1cc(C)c(C(c2ccc(OC)c(C(C)C)c2)c2ccc(OC)cc2OC)c(C)c1. The summed E-state index contributed by atoms with van der Waals surface area (Å²) >= 11 is 0. The molecule has 3 aromatic rings. The highest BCUT2D eigenvalue weighted by Crippen LogP contribution is 2.43. The Morgan fingerprint density at radius 1 is 0.594 bits per heavy atom. The molecule has 4 nitrogen and oxygen atoms in total. The van der Waals surface area contributed by atoms with Gasteiger partial charge in [-0.25, -0.2) is 0 Å². The Kier molecular flexibility index (Phi) is 7.34. The van der Waals surface area contributed by atoms with Crippen molar-refractivity contribution in [3.05, 3.63) is 81.9 Å². The molecule has 0 aliphatic rings. The van der Waals surface area contributed by atoms with Crippen molar-refractivity contribution < 1.29 is 18.9 Å². The van der Waals surface area contributed by atoms with Crippen LogP contribution in [0.5, 0.6) is 23.0 Å². The zero-order valence-corrected chi connectivity index (χ0v) is 20.4. The molecule has 0 amide bonds. The van der Waals surface area contributed by atoms with Gasteiger partial charge in [-0.2, -0.15) is 0 Å². The van der Waals surface area contributed by atoms with Crippen LogP contribution in [0.1, 0.15) is 59.1 Å². The third kappa shape index (κ3) is 4.55. The van der Waals surface area contributed by atoms with Crippen molar-refractivity contribution in [2.75, 3.05) is 28.4 Å². The van der Waals surface area contributed by atoms with Crippen LogP contribution >= 0.6 is 0 Å². The molecule has 0 heterocycles. The van der Waals surface area contributed by atoms with Crippen LogP contribution in [-0.4, -0.2) is 28.4 Å². The summed E-state index contributed by atoms with van der Waals surface area (Å²) in [5.74, 6) is 3.65. The quantitative estimate of drug-likeness (QED) is 0.372. The molecule has 0 N–H and O–H groups in total. The van der Waals surface area contributed by atoms with Crippen LogP contribution in [0.15, 0.2) is 48.5 Å². The van der Waals surface area contributed by atoms with E-state index >= 15 is 0 Å². The van der Waals surface area contributed by atoms with Crippen molar-refractivity contribution in [2.45, 2.75) is 39.5 Å². The van der Waals surface area contributed by atoms with Crippen LogP contribution in [-0.2, 0) is 0 Å². The number of benzene rings is 3. The van der Waals surface area contributed by atoms with E-state index in [0.717, 1.165) is 28.6 Å². The highest BCUT2D eigenvalue weighted by Gasteiger charge is 2.26. The van der Waals surface area contributed by atoms with Gasteiger partial charge in [-0.1, -0.05) is 32.0 Å². The number of hydrogen-bond donors (Lipinski definition) is 0. The second-order valence-corrected chi connectivity index (χ2v) is 8.37. The molecule has 0 bridgehead atoms. The molecular weight excluding hydrogens is 400 g/mol. The maximum atomic E-state index is 5.83. The molecule has 0 saturated heterocycles. The minimum absolute atomic E-state index is 0.0230. The van der Waals surface area contributed by atoms with E-state index in [4.69, 9.17) is 18.9 Å². The van der Waals surface area contributed by atoms with E-state index in [-0.39, 0.29) is 5.92 Å². The molecule has 0 spiro atoms. The average Bonchev–Trinajstić information content (AvgIpc) is 2.80. The fraction of sp³-hybridized carbons (Fsp3) is 0.357. The predicted octanol–water partition coefficient (Wildman–Crippen LogP) is 6.64. The van der Waals surface area contributed by atoms with Crippen molar-refractivity contribution in [3.8, 4) is 23.0 Å². The zero-order chi connectivity index (χ0) is 23.4. The molecule has 0 saturated carbocycles. The Morgan fingerprint density at radius 2 is 1.22 bits per heavy atom. The lowest BCUT2D eigenvalue weighted by atomic mass is 9.79. The lowest BCUT2D eigenvalue weighted by molar-refractivity contribution is 0.390. The predicted molar refractivity (Wildman–Crippen MR) is 130 cm³/mol. The second kappa shape index (κ2) is 9.99. The van der Waals surface area contributed by atoms with Crippen LogP contribution in [0.2, 0.25) is 0 Å². The van der Waals surface area contributed by atoms with Crippen LogP contribution in [0, 0.1) is 13.8 Å². The van der Waals surface area contributed by atoms with Crippen molar-refractivity contribution >= 4 is 0 Å². The molecule has 0 radical (unpaired) electrons. The number of aryl methyl sites for hydroxylation is 2. The van der Waals surface area contributed by atoms with E-state index in [1.165, 1.54) is 27.8 Å². The van der Waals surface area contributed by atoms with Gasteiger partial charge < -0.3 is 18.9 Å². The van der Waals surface area contributed by atoms with Crippen LogP contribution in [0.3, 0.4) is 0 Å². The van der Waals surface area contributed by atoms with Gasteiger partial charge in [0.25, 0.3) is 0 Å². The first kappa shape index (κ1) is 23.5. The summed E-state index contributed by atoms with van der Waals surface area (Å²) in [7, 11) is 6.80. The lowest BCUT2D eigenvalue weighted by Gasteiger charge is -2.26. The summed E-state index contributed by atoms with van der Waals surface area (Å²) in [6, 6.07) is 16.7. The molecule has 1 atom stereocenters. The molecule has 3 rings (SSSR count). The molecule has 0 fully saturated rings. The van der Waals surface area contributed by atoms with Crippen LogP contribution in [0.25, 0.3) is 0 Å². The molecule has 4 heteroatoms. The summed E-state index contributed by atoms with van der Waals surface area (Å²) in [5, 5.41) is 0. The first-order valence-electron chi connectivity index (χ1n) is 10.9. The van der Waals surface area contributed by atoms with Gasteiger partial charge in [-0.3, -0.25) is 0 Å². The summed E-state index contributed by atoms with van der Waals surface area (Å²) in [5.41, 5.74) is 7.05. The average molecular weight is 435 g/mol. The Labute approximate surface area is 192 Å². The number of ether oxygens (including phenoxy) is 4. The summed E-state index contributed by atoms with van der Waals surface area (Å²) in [6.07, 6.45) is 0. The van der Waals surface area contributed by atoms with Gasteiger partial charge in [0.1, 0.15) is 23.0 Å². The molecular formula is C28H34O4.